The van der Waals surface area contributed by atoms with E-state index < -0.39 is 10.0 Å². The highest BCUT2D eigenvalue weighted by atomic mass is 32.2. The Kier molecular flexibility index (Phi) is 4.44. The fourth-order valence-corrected chi connectivity index (χ4v) is 4.09. The first-order valence-corrected chi connectivity index (χ1v) is 9.82. The molecule has 3 aromatic rings. The van der Waals surface area contributed by atoms with E-state index in [1.807, 2.05) is 30.5 Å². The molecule has 2 heterocycles. The first-order valence-electron chi connectivity index (χ1n) is 7.40. The number of nitrogens with zero attached hydrogens (tertiary/aromatic N) is 1. The van der Waals surface area contributed by atoms with Crippen LogP contribution in [0.2, 0.25) is 0 Å². The third-order valence-electron chi connectivity index (χ3n) is 3.61. The monoisotopic (exact) mass is 363 g/mol. The van der Waals surface area contributed by atoms with Gasteiger partial charge in [0.25, 0.3) is 5.91 Å². The molecule has 0 atom stereocenters. The maximum absolute atomic E-state index is 12.3. The average molecular weight is 363 g/mol. The Labute approximate surface area is 144 Å². The predicted octanol–water partition coefficient (Wildman–Crippen LogP) is 3.01. The normalized spacial score (nSPS) is 11.8. The number of hydrogen-bond donors (Lipinski definition) is 2. The van der Waals surface area contributed by atoms with Crippen LogP contribution in [0.1, 0.15) is 23.7 Å². The molecule has 0 spiro atoms. The quantitative estimate of drug-likeness (QED) is 0.729. The van der Waals surface area contributed by atoms with E-state index in [2.05, 4.69) is 16.8 Å². The lowest BCUT2D eigenvalue weighted by atomic mass is 10.2. The number of aryl methyl sites for hydroxylation is 1. The second kappa shape index (κ2) is 6.39. The summed E-state index contributed by atoms with van der Waals surface area (Å²) in [6, 6.07) is 8.98. The molecule has 0 aliphatic heterocycles. The van der Waals surface area contributed by atoms with Crippen LogP contribution >= 0.6 is 11.3 Å². The summed E-state index contributed by atoms with van der Waals surface area (Å²) in [5, 5.41) is 10.4. The zero-order valence-electron chi connectivity index (χ0n) is 13.0. The molecule has 3 rings (SSSR count). The number of fused-ring (bicyclic) bond motifs is 1. The van der Waals surface area contributed by atoms with Crippen molar-refractivity contribution >= 4 is 43.9 Å². The van der Waals surface area contributed by atoms with Crippen molar-refractivity contribution in [1.29, 1.82) is 0 Å². The van der Waals surface area contributed by atoms with Crippen molar-refractivity contribution in [3.63, 3.8) is 0 Å². The van der Waals surface area contributed by atoms with Crippen LogP contribution in [0.4, 0.5) is 5.69 Å². The lowest BCUT2D eigenvalue weighted by Gasteiger charge is -2.06. The molecule has 1 amide bonds. The highest BCUT2D eigenvalue weighted by Crippen LogP contribution is 2.23. The van der Waals surface area contributed by atoms with Gasteiger partial charge in [-0.3, -0.25) is 4.79 Å². The van der Waals surface area contributed by atoms with Gasteiger partial charge in [-0.05, 0) is 36.8 Å². The van der Waals surface area contributed by atoms with Crippen LogP contribution in [0.15, 0.2) is 46.1 Å². The zero-order chi connectivity index (χ0) is 17.3. The molecule has 0 aliphatic carbocycles. The number of amides is 1. The summed E-state index contributed by atoms with van der Waals surface area (Å²) in [7, 11) is -3.78. The number of rotatable bonds is 5. The Morgan fingerprint density at radius 3 is 2.75 bits per heavy atom. The molecule has 0 saturated heterocycles. The standard InChI is InChI=1S/C16H17N3O3S2/c1-2-6-19-7-5-11-8-13(3-4-14(11)19)18-16(20)12-9-15(23-10-12)24(17,21)22/h3-5,7-10H,2,6H2,1H3,(H,18,20)(H2,17,21,22). The van der Waals surface area contributed by atoms with E-state index in [1.165, 1.54) is 11.4 Å². The Morgan fingerprint density at radius 1 is 1.29 bits per heavy atom. The zero-order valence-corrected chi connectivity index (χ0v) is 14.7. The Balaban J connectivity index is 1.81. The second-order valence-electron chi connectivity index (χ2n) is 5.44. The van der Waals surface area contributed by atoms with Crippen LogP contribution in [0, 0.1) is 0 Å². The van der Waals surface area contributed by atoms with E-state index >= 15 is 0 Å². The Morgan fingerprint density at radius 2 is 2.08 bits per heavy atom. The molecule has 0 aliphatic rings. The van der Waals surface area contributed by atoms with Gasteiger partial charge in [-0.2, -0.15) is 0 Å². The van der Waals surface area contributed by atoms with Gasteiger partial charge in [-0.25, -0.2) is 13.6 Å². The number of anilines is 1. The van der Waals surface area contributed by atoms with Crippen molar-refractivity contribution in [1.82, 2.24) is 4.57 Å². The topological polar surface area (TPSA) is 94.2 Å². The molecular weight excluding hydrogens is 346 g/mol. The molecule has 0 radical (unpaired) electrons. The minimum absolute atomic E-state index is 0.0280. The molecule has 8 heteroatoms. The van der Waals surface area contributed by atoms with E-state index in [0.717, 1.165) is 35.2 Å². The minimum Gasteiger partial charge on any atom is -0.347 e. The van der Waals surface area contributed by atoms with Crippen LogP contribution in [0.25, 0.3) is 10.9 Å². The van der Waals surface area contributed by atoms with Gasteiger partial charge in [0.05, 0.1) is 5.56 Å². The molecule has 0 unspecified atom stereocenters. The maximum atomic E-state index is 12.3. The SMILES string of the molecule is CCCn1ccc2cc(NC(=O)c3csc(S(N)(=O)=O)c3)ccc21. The van der Waals surface area contributed by atoms with Crippen LogP contribution in [0.5, 0.6) is 0 Å². The van der Waals surface area contributed by atoms with Gasteiger partial charge in [0.15, 0.2) is 0 Å². The van der Waals surface area contributed by atoms with E-state index in [9.17, 15) is 13.2 Å². The number of aromatic nitrogens is 1. The van der Waals surface area contributed by atoms with E-state index in [1.54, 1.807) is 0 Å². The van der Waals surface area contributed by atoms with E-state index in [0.29, 0.717) is 5.69 Å². The van der Waals surface area contributed by atoms with Crippen molar-refractivity contribution in [2.24, 2.45) is 5.14 Å². The molecule has 6 nitrogen and oxygen atoms in total. The number of thiophene rings is 1. The van der Waals surface area contributed by atoms with Gasteiger partial charge in [0.1, 0.15) is 4.21 Å². The number of sulfonamides is 1. The molecular formula is C16H17N3O3S2. The van der Waals surface area contributed by atoms with Crippen LogP contribution < -0.4 is 10.5 Å². The van der Waals surface area contributed by atoms with Crippen molar-refractivity contribution in [3.8, 4) is 0 Å². The summed E-state index contributed by atoms with van der Waals surface area (Å²) in [5.74, 6) is -0.367. The highest BCUT2D eigenvalue weighted by molar-refractivity contribution is 7.91. The lowest BCUT2D eigenvalue weighted by Crippen LogP contribution is -2.12. The van der Waals surface area contributed by atoms with Crippen molar-refractivity contribution in [3.05, 3.63) is 47.5 Å². The summed E-state index contributed by atoms with van der Waals surface area (Å²) in [5.41, 5.74) is 2.04. The average Bonchev–Trinajstić information content (AvgIpc) is 3.14. The summed E-state index contributed by atoms with van der Waals surface area (Å²) >= 11 is 0.930. The molecule has 3 N–H and O–H groups in total. The number of benzene rings is 1. The summed E-state index contributed by atoms with van der Waals surface area (Å²) in [6.45, 7) is 3.07. The number of primary sulfonamides is 1. The number of hydrogen-bond acceptors (Lipinski definition) is 4. The second-order valence-corrected chi connectivity index (χ2v) is 8.14. The minimum atomic E-state index is -3.78. The third-order valence-corrected chi connectivity index (χ3v) is 6.00. The molecule has 0 fully saturated rings. The van der Waals surface area contributed by atoms with Gasteiger partial charge >= 0.3 is 0 Å². The number of nitrogens with two attached hydrogens (primary N) is 1. The van der Waals surface area contributed by atoms with Gasteiger partial charge in [-0.15, -0.1) is 11.3 Å². The molecule has 2 aromatic heterocycles. The van der Waals surface area contributed by atoms with Crippen molar-refractivity contribution in [2.45, 2.75) is 24.1 Å². The van der Waals surface area contributed by atoms with Gasteiger partial charge < -0.3 is 9.88 Å². The first kappa shape index (κ1) is 16.7. The molecule has 0 saturated carbocycles. The van der Waals surface area contributed by atoms with Crippen molar-refractivity contribution in [2.75, 3.05) is 5.32 Å². The van der Waals surface area contributed by atoms with Gasteiger partial charge in [-0.1, -0.05) is 6.92 Å². The number of carbonyl (C=O) groups excluding carboxylic acids is 1. The maximum Gasteiger partial charge on any atom is 0.256 e. The molecule has 126 valence electrons. The molecule has 0 bridgehead atoms. The largest absolute Gasteiger partial charge is 0.347 e. The smallest absolute Gasteiger partial charge is 0.256 e. The summed E-state index contributed by atoms with van der Waals surface area (Å²) in [6.07, 6.45) is 3.07. The number of carbonyl (C=O) groups is 1. The van der Waals surface area contributed by atoms with Crippen LogP contribution in [-0.4, -0.2) is 18.9 Å². The van der Waals surface area contributed by atoms with E-state index in [-0.39, 0.29) is 15.7 Å². The molecule has 24 heavy (non-hydrogen) atoms. The first-order chi connectivity index (χ1) is 11.4. The van der Waals surface area contributed by atoms with Crippen molar-refractivity contribution < 1.29 is 13.2 Å². The van der Waals surface area contributed by atoms with Crippen LogP contribution in [-0.2, 0) is 16.6 Å². The lowest BCUT2D eigenvalue weighted by molar-refractivity contribution is 0.102. The number of nitrogens with one attached hydrogen (secondary N) is 1. The highest BCUT2D eigenvalue weighted by Gasteiger charge is 2.15. The Bertz CT molecular complexity index is 1000. The Hall–Kier alpha value is -2.16. The fraction of sp³-hybridized carbons (Fsp3) is 0.188. The fourth-order valence-electron chi connectivity index (χ4n) is 2.50. The summed E-state index contributed by atoms with van der Waals surface area (Å²) in [4.78, 5) is 12.3. The van der Waals surface area contributed by atoms with Gasteiger partial charge in [0, 0.05) is 34.7 Å². The molecule has 1 aromatic carbocycles. The van der Waals surface area contributed by atoms with Gasteiger partial charge in [0.2, 0.25) is 10.0 Å². The van der Waals surface area contributed by atoms with E-state index in [4.69, 9.17) is 5.14 Å². The predicted molar refractivity (Wildman–Crippen MR) is 95.9 cm³/mol. The van der Waals surface area contributed by atoms with Crippen LogP contribution in [0.3, 0.4) is 0 Å². The third kappa shape index (κ3) is 3.35. The summed E-state index contributed by atoms with van der Waals surface area (Å²) < 4.78 is 24.7.